The van der Waals surface area contributed by atoms with Crippen molar-refractivity contribution in [1.29, 1.82) is 0 Å². The summed E-state index contributed by atoms with van der Waals surface area (Å²) in [4.78, 5) is 13.2. The van der Waals surface area contributed by atoms with Crippen molar-refractivity contribution in [3.8, 4) is 0 Å². The number of carbonyl (C=O) groups excluding carboxylic acids is 1. The molecule has 0 N–H and O–H groups in total. The fraction of sp³-hybridized carbons (Fsp3) is 0.938. The van der Waals surface area contributed by atoms with E-state index in [0.717, 1.165) is 32.3 Å². The second-order valence-corrected chi connectivity index (χ2v) is 9.69. The Balaban J connectivity index is 1.68. The van der Waals surface area contributed by atoms with Crippen molar-refractivity contribution in [1.82, 2.24) is 9.21 Å². The molecule has 0 radical (unpaired) electrons. The predicted molar refractivity (Wildman–Crippen MR) is 89.1 cm³/mol. The van der Waals surface area contributed by atoms with E-state index in [-0.39, 0.29) is 29.3 Å². The molecular formula is C16H28N2O5S. The molecule has 2 atom stereocenters. The smallest absolute Gasteiger partial charge is 0.248 e. The maximum absolute atomic E-state index is 12.6. The van der Waals surface area contributed by atoms with E-state index in [1.807, 2.05) is 0 Å². The lowest BCUT2D eigenvalue weighted by atomic mass is 9.73. The van der Waals surface area contributed by atoms with Gasteiger partial charge in [0, 0.05) is 39.2 Å². The molecule has 0 aromatic rings. The summed E-state index contributed by atoms with van der Waals surface area (Å²) in [5.74, 6) is -0.0852. The van der Waals surface area contributed by atoms with Gasteiger partial charge in [-0.05, 0) is 32.1 Å². The Morgan fingerprint density at radius 3 is 2.75 bits per heavy atom. The number of carbonyl (C=O) groups is 1. The molecule has 0 spiro atoms. The third-order valence-electron chi connectivity index (χ3n) is 5.37. The lowest BCUT2D eigenvalue weighted by molar-refractivity contribution is -0.152. The van der Waals surface area contributed by atoms with E-state index in [9.17, 15) is 13.2 Å². The maximum Gasteiger partial charge on any atom is 0.248 e. The number of ether oxygens (including phenoxy) is 2. The highest BCUT2D eigenvalue weighted by atomic mass is 32.2. The van der Waals surface area contributed by atoms with E-state index in [1.165, 1.54) is 4.90 Å². The molecule has 0 unspecified atom stereocenters. The summed E-state index contributed by atoms with van der Waals surface area (Å²) in [5.41, 5.74) is -0.328. The van der Waals surface area contributed by atoms with E-state index >= 15 is 0 Å². The van der Waals surface area contributed by atoms with Crippen molar-refractivity contribution in [3.63, 3.8) is 0 Å². The Morgan fingerprint density at radius 2 is 2.08 bits per heavy atom. The number of hydrogen-bond donors (Lipinski definition) is 0. The Kier molecular flexibility index (Phi) is 5.20. The molecule has 2 aliphatic heterocycles. The molecule has 3 aliphatic rings. The first-order valence-corrected chi connectivity index (χ1v) is 10.2. The predicted octanol–water partition coefficient (Wildman–Crippen LogP) is 0.455. The molecule has 0 bridgehead atoms. The first kappa shape index (κ1) is 18.1. The van der Waals surface area contributed by atoms with Crippen LogP contribution in [0.1, 0.15) is 32.1 Å². The monoisotopic (exact) mass is 360 g/mol. The Hall–Kier alpha value is -0.700. The van der Waals surface area contributed by atoms with E-state index in [0.29, 0.717) is 26.1 Å². The lowest BCUT2D eigenvalue weighted by Crippen LogP contribution is -2.58. The van der Waals surface area contributed by atoms with Crippen LogP contribution in [0.25, 0.3) is 0 Å². The minimum Gasteiger partial charge on any atom is -0.377 e. The fourth-order valence-corrected chi connectivity index (χ4v) is 5.68. The van der Waals surface area contributed by atoms with Gasteiger partial charge in [-0.25, -0.2) is 12.7 Å². The normalized spacial score (nSPS) is 31.5. The quantitative estimate of drug-likeness (QED) is 0.688. The molecule has 7 nitrogen and oxygen atoms in total. The van der Waals surface area contributed by atoms with Gasteiger partial charge in [-0.15, -0.1) is 0 Å². The molecule has 2 saturated heterocycles. The molecule has 8 heteroatoms. The van der Waals surface area contributed by atoms with Crippen LogP contribution in [0.5, 0.6) is 0 Å². The highest BCUT2D eigenvalue weighted by Crippen LogP contribution is 2.43. The van der Waals surface area contributed by atoms with Crippen LogP contribution in [-0.2, 0) is 24.3 Å². The molecule has 3 rings (SSSR count). The average molecular weight is 360 g/mol. The van der Waals surface area contributed by atoms with Crippen molar-refractivity contribution in [2.75, 3.05) is 47.0 Å². The summed E-state index contributed by atoms with van der Waals surface area (Å²) in [6.07, 6.45) is 4.06. The van der Waals surface area contributed by atoms with Crippen molar-refractivity contribution in [3.05, 3.63) is 0 Å². The average Bonchev–Trinajstić information content (AvgIpc) is 3.39. The van der Waals surface area contributed by atoms with Crippen molar-refractivity contribution < 1.29 is 22.7 Å². The Morgan fingerprint density at radius 1 is 1.33 bits per heavy atom. The summed E-state index contributed by atoms with van der Waals surface area (Å²) in [6.45, 7) is 2.09. The minimum absolute atomic E-state index is 0.0198. The zero-order valence-corrected chi connectivity index (χ0v) is 15.4. The van der Waals surface area contributed by atoms with Crippen LogP contribution in [0.2, 0.25) is 0 Å². The Labute approximate surface area is 144 Å². The Bertz CT molecular complexity index is 575. The summed E-state index contributed by atoms with van der Waals surface area (Å²) < 4.78 is 38.5. The summed E-state index contributed by atoms with van der Waals surface area (Å²) in [7, 11) is 0.206. The number of amides is 1. The third kappa shape index (κ3) is 3.61. The summed E-state index contributed by atoms with van der Waals surface area (Å²) in [6, 6.07) is 0. The summed E-state index contributed by atoms with van der Waals surface area (Å²) in [5, 5.41) is -0.188. The number of sulfonamides is 1. The highest BCUT2D eigenvalue weighted by Gasteiger charge is 2.51. The molecule has 1 amide bonds. The molecule has 24 heavy (non-hydrogen) atoms. The van der Waals surface area contributed by atoms with Crippen LogP contribution in [0, 0.1) is 5.41 Å². The van der Waals surface area contributed by atoms with Gasteiger partial charge in [0.2, 0.25) is 15.9 Å². The zero-order chi connectivity index (χ0) is 17.4. The minimum atomic E-state index is -3.19. The highest BCUT2D eigenvalue weighted by molar-refractivity contribution is 7.90. The van der Waals surface area contributed by atoms with Gasteiger partial charge >= 0.3 is 0 Å². The van der Waals surface area contributed by atoms with Gasteiger partial charge in [0.05, 0.1) is 18.0 Å². The maximum atomic E-state index is 12.6. The number of piperidine rings is 1. The first-order valence-electron chi connectivity index (χ1n) is 8.74. The molecule has 3 fully saturated rings. The van der Waals surface area contributed by atoms with E-state index in [4.69, 9.17) is 9.47 Å². The zero-order valence-electron chi connectivity index (χ0n) is 14.6. The molecule has 2 heterocycles. The van der Waals surface area contributed by atoms with Crippen LogP contribution < -0.4 is 0 Å². The number of rotatable bonds is 6. The summed E-state index contributed by atoms with van der Waals surface area (Å²) >= 11 is 0. The van der Waals surface area contributed by atoms with Crippen LogP contribution in [-0.4, -0.2) is 81.9 Å². The van der Waals surface area contributed by atoms with Gasteiger partial charge in [0.1, 0.15) is 6.61 Å². The number of hydrogen-bond acceptors (Lipinski definition) is 5. The van der Waals surface area contributed by atoms with E-state index < -0.39 is 10.0 Å². The molecule has 138 valence electrons. The second-order valence-electron chi connectivity index (χ2n) is 7.47. The molecular weight excluding hydrogens is 332 g/mol. The van der Waals surface area contributed by atoms with Gasteiger partial charge in [0.15, 0.2) is 0 Å². The first-order chi connectivity index (χ1) is 11.3. The molecule has 1 saturated carbocycles. The van der Waals surface area contributed by atoms with Crippen LogP contribution in [0.15, 0.2) is 0 Å². The lowest BCUT2D eigenvalue weighted by Gasteiger charge is -2.49. The van der Waals surface area contributed by atoms with Gasteiger partial charge in [-0.2, -0.15) is 0 Å². The molecule has 0 aromatic carbocycles. The van der Waals surface area contributed by atoms with E-state index in [2.05, 4.69) is 0 Å². The van der Waals surface area contributed by atoms with E-state index in [1.54, 1.807) is 18.4 Å². The van der Waals surface area contributed by atoms with Crippen molar-refractivity contribution in [2.24, 2.45) is 5.41 Å². The second kappa shape index (κ2) is 6.90. The number of fused-ring (bicyclic) bond motifs is 1. The van der Waals surface area contributed by atoms with Crippen molar-refractivity contribution in [2.45, 2.75) is 43.5 Å². The molecule has 1 aliphatic carbocycles. The van der Waals surface area contributed by atoms with Crippen LogP contribution in [0.4, 0.5) is 0 Å². The fourth-order valence-electron chi connectivity index (χ4n) is 3.72. The van der Waals surface area contributed by atoms with Gasteiger partial charge in [-0.3, -0.25) is 4.79 Å². The van der Waals surface area contributed by atoms with Crippen LogP contribution >= 0.6 is 0 Å². The van der Waals surface area contributed by atoms with Gasteiger partial charge < -0.3 is 14.4 Å². The van der Waals surface area contributed by atoms with Crippen LogP contribution in [0.3, 0.4) is 0 Å². The topological polar surface area (TPSA) is 76.2 Å². The van der Waals surface area contributed by atoms with Crippen molar-refractivity contribution >= 4 is 15.9 Å². The van der Waals surface area contributed by atoms with Gasteiger partial charge in [-0.1, -0.05) is 0 Å². The standard InChI is InChI=1S/C16H28N2O5S/c1-17(2)15(19)10-22-12-16-7-3-9-23-14(16)6-8-18(11-16)24(20,21)13-4-5-13/h13-14H,3-12H2,1-2H3/t14-,16+/m0/s1. The largest absolute Gasteiger partial charge is 0.377 e. The third-order valence-corrected chi connectivity index (χ3v) is 7.72. The SMILES string of the molecule is CN(C)C(=O)COC[C@]12CCCO[C@H]1CCN(S(=O)(=O)C1CC1)C2. The van der Waals surface area contributed by atoms with Gasteiger partial charge in [0.25, 0.3) is 0 Å². The number of likely N-dealkylation sites (N-methyl/N-ethyl adjacent to an activating group) is 1. The molecule has 0 aromatic heterocycles. The number of nitrogens with zero attached hydrogens (tertiary/aromatic N) is 2.